The molecule has 0 aliphatic rings. The van der Waals surface area contributed by atoms with Crippen LogP contribution in [-0.4, -0.2) is 10.9 Å². The van der Waals surface area contributed by atoms with Gasteiger partial charge in [0.1, 0.15) is 6.04 Å². The van der Waals surface area contributed by atoms with E-state index in [9.17, 15) is 4.79 Å². The van der Waals surface area contributed by atoms with E-state index < -0.39 is 11.9 Å². The minimum absolute atomic E-state index is 0.456. The van der Waals surface area contributed by atoms with Crippen LogP contribution in [0, 0.1) is 0 Å². The van der Waals surface area contributed by atoms with Gasteiger partial charge in [0.15, 0.2) is 0 Å². The Labute approximate surface area is 127 Å². The van der Waals surface area contributed by atoms with Crippen molar-refractivity contribution in [2.75, 3.05) is 5.32 Å². The number of anilines is 1. The Hall–Kier alpha value is -1.40. The zero-order chi connectivity index (χ0) is 13.8. The quantitative estimate of drug-likeness (QED) is 0.850. The topological polar surface area (TPSA) is 68.0 Å². The number of hydrogen-bond donors (Lipinski definition) is 2. The van der Waals surface area contributed by atoms with E-state index in [0.717, 1.165) is 14.6 Å². The van der Waals surface area contributed by atoms with E-state index in [-0.39, 0.29) is 0 Å². The van der Waals surface area contributed by atoms with Gasteiger partial charge in [0.05, 0.1) is 0 Å². The third-order valence-electron chi connectivity index (χ3n) is 2.50. The number of halogens is 2. The molecule has 1 heterocycles. The van der Waals surface area contributed by atoms with Crippen molar-refractivity contribution in [3.63, 3.8) is 0 Å². The van der Waals surface area contributed by atoms with Gasteiger partial charge in [0, 0.05) is 32.6 Å². The molecule has 0 spiro atoms. The molecule has 0 bridgehead atoms. The number of carbonyl (C=O) groups excluding carboxylic acids is 1. The molecule has 0 saturated heterocycles. The van der Waals surface area contributed by atoms with Gasteiger partial charge in [-0.3, -0.25) is 9.78 Å². The lowest BCUT2D eigenvalue weighted by molar-refractivity contribution is -0.118. The third-order valence-corrected chi connectivity index (χ3v) is 3.46. The number of primary amides is 1. The molecule has 1 aromatic heterocycles. The highest BCUT2D eigenvalue weighted by molar-refractivity contribution is 9.10. The fraction of sp³-hybridized carbons (Fsp3) is 0.0769. The Balaban J connectivity index is 2.26. The van der Waals surface area contributed by atoms with Crippen molar-refractivity contribution in [2.24, 2.45) is 5.73 Å². The predicted molar refractivity (Wildman–Crippen MR) is 81.6 cm³/mol. The van der Waals surface area contributed by atoms with Gasteiger partial charge in [-0.15, -0.1) is 0 Å². The Morgan fingerprint density at radius 3 is 2.42 bits per heavy atom. The van der Waals surface area contributed by atoms with Crippen LogP contribution in [0.5, 0.6) is 0 Å². The molecular weight excluding hydrogens is 374 g/mol. The molecule has 2 aromatic rings. The molecule has 4 nitrogen and oxygen atoms in total. The fourth-order valence-electron chi connectivity index (χ4n) is 1.62. The van der Waals surface area contributed by atoms with E-state index in [1.165, 1.54) is 0 Å². The van der Waals surface area contributed by atoms with Crippen molar-refractivity contribution in [3.05, 3.63) is 57.2 Å². The monoisotopic (exact) mass is 383 g/mol. The van der Waals surface area contributed by atoms with E-state index >= 15 is 0 Å². The number of nitrogens with zero attached hydrogens (tertiary/aromatic N) is 1. The van der Waals surface area contributed by atoms with Crippen LogP contribution in [0.15, 0.2) is 51.7 Å². The normalized spacial score (nSPS) is 11.9. The summed E-state index contributed by atoms with van der Waals surface area (Å²) in [7, 11) is 0. The van der Waals surface area contributed by atoms with Crippen molar-refractivity contribution >= 4 is 43.5 Å². The number of nitrogens with one attached hydrogen (secondary N) is 1. The Kier molecular flexibility index (Phi) is 4.55. The molecule has 3 N–H and O–H groups in total. The number of benzene rings is 1. The summed E-state index contributed by atoms with van der Waals surface area (Å²) in [6.07, 6.45) is 3.27. The summed E-state index contributed by atoms with van der Waals surface area (Å²) in [6.45, 7) is 0. The average Bonchev–Trinajstić information content (AvgIpc) is 2.37. The van der Waals surface area contributed by atoms with Crippen molar-refractivity contribution in [1.82, 2.24) is 4.98 Å². The zero-order valence-corrected chi connectivity index (χ0v) is 13.0. The van der Waals surface area contributed by atoms with Crippen LogP contribution in [-0.2, 0) is 4.79 Å². The lowest BCUT2D eigenvalue weighted by Gasteiger charge is -2.17. The van der Waals surface area contributed by atoms with Gasteiger partial charge in [0.25, 0.3) is 0 Å². The number of pyridine rings is 1. The lowest BCUT2D eigenvalue weighted by Crippen LogP contribution is -2.27. The zero-order valence-electron chi connectivity index (χ0n) is 9.81. The minimum Gasteiger partial charge on any atom is -0.370 e. The standard InChI is InChI=1S/C13H11Br2N3O/c14-9-1-3-11(4-2-9)18-12(13(16)19)8-5-10(15)7-17-6-8/h1-7,12,18H,(H2,16,19). The Morgan fingerprint density at radius 2 is 1.84 bits per heavy atom. The van der Waals surface area contributed by atoms with E-state index in [0.29, 0.717) is 5.56 Å². The number of carbonyl (C=O) groups is 1. The summed E-state index contributed by atoms with van der Waals surface area (Å²) < 4.78 is 1.77. The second kappa shape index (κ2) is 6.16. The van der Waals surface area contributed by atoms with Crippen LogP contribution in [0.2, 0.25) is 0 Å². The Bertz CT molecular complexity index is 587. The van der Waals surface area contributed by atoms with Gasteiger partial charge in [-0.25, -0.2) is 0 Å². The van der Waals surface area contributed by atoms with Crippen LogP contribution in [0.4, 0.5) is 5.69 Å². The fourth-order valence-corrected chi connectivity index (χ4v) is 2.26. The minimum atomic E-state index is -0.619. The van der Waals surface area contributed by atoms with Gasteiger partial charge in [-0.05, 0) is 46.3 Å². The maximum atomic E-state index is 11.6. The number of rotatable bonds is 4. The maximum Gasteiger partial charge on any atom is 0.244 e. The summed E-state index contributed by atoms with van der Waals surface area (Å²) in [4.78, 5) is 15.6. The van der Waals surface area contributed by atoms with E-state index in [1.54, 1.807) is 12.4 Å². The summed E-state index contributed by atoms with van der Waals surface area (Å²) >= 11 is 6.69. The van der Waals surface area contributed by atoms with Crippen LogP contribution < -0.4 is 11.1 Å². The molecule has 0 aliphatic carbocycles. The highest BCUT2D eigenvalue weighted by Crippen LogP contribution is 2.22. The highest BCUT2D eigenvalue weighted by atomic mass is 79.9. The van der Waals surface area contributed by atoms with Crippen molar-refractivity contribution in [1.29, 1.82) is 0 Å². The third kappa shape index (κ3) is 3.78. The van der Waals surface area contributed by atoms with Crippen LogP contribution in [0.3, 0.4) is 0 Å². The van der Waals surface area contributed by atoms with Crippen LogP contribution >= 0.6 is 31.9 Å². The number of aromatic nitrogens is 1. The predicted octanol–water partition coefficient (Wildman–Crippen LogP) is 3.25. The van der Waals surface area contributed by atoms with Crippen LogP contribution in [0.25, 0.3) is 0 Å². The van der Waals surface area contributed by atoms with Crippen molar-refractivity contribution in [2.45, 2.75) is 6.04 Å². The smallest absolute Gasteiger partial charge is 0.244 e. The SMILES string of the molecule is NC(=O)C(Nc1ccc(Br)cc1)c1cncc(Br)c1. The largest absolute Gasteiger partial charge is 0.370 e. The Morgan fingerprint density at radius 1 is 1.16 bits per heavy atom. The lowest BCUT2D eigenvalue weighted by atomic mass is 10.1. The molecule has 19 heavy (non-hydrogen) atoms. The molecule has 1 amide bonds. The number of amides is 1. The first-order valence-electron chi connectivity index (χ1n) is 5.48. The van der Waals surface area contributed by atoms with Gasteiger partial charge >= 0.3 is 0 Å². The molecule has 1 unspecified atom stereocenters. The molecule has 0 saturated carbocycles. The number of nitrogens with two attached hydrogens (primary N) is 1. The molecule has 6 heteroatoms. The second-order valence-corrected chi connectivity index (χ2v) is 5.75. The first-order chi connectivity index (χ1) is 9.06. The average molecular weight is 385 g/mol. The molecule has 0 fully saturated rings. The molecule has 1 atom stereocenters. The van der Waals surface area contributed by atoms with E-state index in [2.05, 4.69) is 42.2 Å². The summed E-state index contributed by atoms with van der Waals surface area (Å²) in [6, 6.07) is 8.70. The molecule has 1 aromatic carbocycles. The van der Waals surface area contributed by atoms with E-state index in [1.807, 2.05) is 30.3 Å². The highest BCUT2D eigenvalue weighted by Gasteiger charge is 2.18. The molecule has 0 aliphatic heterocycles. The van der Waals surface area contributed by atoms with Gasteiger partial charge < -0.3 is 11.1 Å². The second-order valence-electron chi connectivity index (χ2n) is 3.92. The van der Waals surface area contributed by atoms with Crippen LogP contribution in [0.1, 0.15) is 11.6 Å². The van der Waals surface area contributed by atoms with E-state index in [4.69, 9.17) is 5.73 Å². The molecule has 0 radical (unpaired) electrons. The van der Waals surface area contributed by atoms with Gasteiger partial charge in [0.2, 0.25) is 5.91 Å². The first-order valence-corrected chi connectivity index (χ1v) is 7.07. The molecule has 98 valence electrons. The van der Waals surface area contributed by atoms with Gasteiger partial charge in [-0.1, -0.05) is 15.9 Å². The maximum absolute atomic E-state index is 11.6. The first kappa shape index (κ1) is 14.0. The molecular formula is C13H11Br2N3O. The summed E-state index contributed by atoms with van der Waals surface area (Å²) in [5.74, 6) is -0.456. The van der Waals surface area contributed by atoms with Crippen molar-refractivity contribution < 1.29 is 4.79 Å². The molecule has 2 rings (SSSR count). The van der Waals surface area contributed by atoms with Gasteiger partial charge in [-0.2, -0.15) is 0 Å². The summed E-state index contributed by atoms with van der Waals surface area (Å²) in [5.41, 5.74) is 6.97. The number of hydrogen-bond acceptors (Lipinski definition) is 3. The van der Waals surface area contributed by atoms with Crippen molar-refractivity contribution in [3.8, 4) is 0 Å². The summed E-state index contributed by atoms with van der Waals surface area (Å²) in [5, 5.41) is 3.09.